The zero-order chi connectivity index (χ0) is 51.1. The van der Waals surface area contributed by atoms with Gasteiger partial charge < -0.3 is 46.5 Å². The monoisotopic (exact) mass is 1020 g/mol. The topological polar surface area (TPSA) is 150 Å². The summed E-state index contributed by atoms with van der Waals surface area (Å²) in [5.41, 5.74) is -1.62. The van der Waals surface area contributed by atoms with Gasteiger partial charge in [0.25, 0.3) is 0 Å². The van der Waals surface area contributed by atoms with Crippen molar-refractivity contribution in [3.63, 3.8) is 0 Å². The van der Waals surface area contributed by atoms with Gasteiger partial charge in [0.15, 0.2) is 13.6 Å². The van der Waals surface area contributed by atoms with E-state index in [-0.39, 0.29) is 58.5 Å². The standard InChI is InChI=1S/C51H90N2O13P2.CH4/c1-16-24-45(54)28-19-17-18-27-44(53(39-68(56,65-50(8,9)10)66-51(11,12)13)36-43-26-21-23-30-47(43)62-41-60-34-32-58-15)37-52(38-67(55,63-48(2,3)4)64-49(5,6)7)35-42-25-20-22-29-46(42)61-40-59-33-31-57-14;/h20-23,25-26,29-30,44H,16-19,24,27-28,31-41H2,1-15H3;1H4. The minimum Gasteiger partial charge on any atom is -0.467 e. The fraction of sp³-hybridized carbons (Fsp3) is 0.750. The van der Waals surface area contributed by atoms with Gasteiger partial charge >= 0.3 is 15.2 Å². The highest BCUT2D eigenvalue weighted by Gasteiger charge is 2.41. The largest absolute Gasteiger partial charge is 0.467 e. The Kier molecular flexibility index (Phi) is 29.5. The van der Waals surface area contributed by atoms with Crippen molar-refractivity contribution in [2.45, 2.75) is 184 Å². The van der Waals surface area contributed by atoms with Crippen molar-refractivity contribution in [1.82, 2.24) is 9.80 Å². The molecule has 2 rings (SSSR count). The molecule has 0 fully saturated rings. The van der Waals surface area contributed by atoms with Gasteiger partial charge in [-0.3, -0.25) is 23.7 Å². The van der Waals surface area contributed by atoms with Crippen LogP contribution in [0.25, 0.3) is 0 Å². The number of rotatable bonds is 35. The number of hydrogen-bond acceptors (Lipinski definition) is 15. The molecule has 1 atom stereocenters. The van der Waals surface area contributed by atoms with Crippen LogP contribution < -0.4 is 9.47 Å². The lowest BCUT2D eigenvalue weighted by molar-refractivity contribution is -0.119. The van der Waals surface area contributed by atoms with Crippen molar-refractivity contribution in [2.24, 2.45) is 0 Å². The Hall–Kier alpha value is -2.23. The molecule has 400 valence electrons. The second-order valence-corrected chi connectivity index (χ2v) is 24.9. The number of para-hydroxylation sites is 2. The lowest BCUT2D eigenvalue weighted by Crippen LogP contribution is -2.45. The quantitative estimate of drug-likeness (QED) is 0.0366. The van der Waals surface area contributed by atoms with Crippen LogP contribution in [-0.4, -0.2) is 117 Å². The first kappa shape index (κ1) is 64.8. The third-order valence-corrected chi connectivity index (χ3v) is 14.3. The lowest BCUT2D eigenvalue weighted by Gasteiger charge is -2.41. The van der Waals surface area contributed by atoms with Gasteiger partial charge in [0, 0.05) is 63.9 Å². The minimum atomic E-state index is -3.92. The number of methoxy groups -OCH3 is 2. The number of benzene rings is 2. The zero-order valence-electron chi connectivity index (χ0n) is 44.5. The summed E-state index contributed by atoms with van der Waals surface area (Å²) in [6.07, 6.45) is 4.65. The van der Waals surface area contributed by atoms with Crippen LogP contribution in [0.1, 0.15) is 154 Å². The van der Waals surface area contributed by atoms with E-state index in [1.165, 1.54) is 0 Å². The maximum absolute atomic E-state index is 15.4. The molecule has 0 N–H and O–H groups in total. The number of carbonyl (C=O) groups excluding carboxylic acids is 1. The van der Waals surface area contributed by atoms with E-state index in [4.69, 9.17) is 46.5 Å². The van der Waals surface area contributed by atoms with E-state index < -0.39 is 37.6 Å². The van der Waals surface area contributed by atoms with Crippen LogP contribution in [-0.2, 0) is 64.1 Å². The molecule has 17 heteroatoms. The van der Waals surface area contributed by atoms with Crippen LogP contribution in [0.3, 0.4) is 0 Å². The molecule has 0 saturated carbocycles. The molecule has 0 bridgehead atoms. The molecule has 1 unspecified atom stereocenters. The molecule has 0 heterocycles. The van der Waals surface area contributed by atoms with E-state index in [0.717, 1.165) is 36.8 Å². The minimum absolute atomic E-state index is 0. The molecule has 2 aromatic carbocycles. The number of ketones is 1. The van der Waals surface area contributed by atoms with E-state index in [1.54, 1.807) is 14.2 Å². The Morgan fingerprint density at radius 1 is 0.580 bits per heavy atom. The molecule has 0 amide bonds. The maximum Gasteiger partial charge on any atom is 0.345 e. The molecular formula is C52H94N2O13P2. The Balaban J connectivity index is 0.0000238. The van der Waals surface area contributed by atoms with Crippen molar-refractivity contribution in [2.75, 3.05) is 73.3 Å². The smallest absolute Gasteiger partial charge is 0.345 e. The predicted octanol–water partition coefficient (Wildman–Crippen LogP) is 12.9. The third kappa shape index (κ3) is 29.8. The molecule has 0 aliphatic heterocycles. The highest BCUT2D eigenvalue weighted by molar-refractivity contribution is 7.54. The predicted molar refractivity (Wildman–Crippen MR) is 277 cm³/mol. The number of nitrogens with zero attached hydrogens (tertiary/aromatic N) is 2. The van der Waals surface area contributed by atoms with E-state index in [0.29, 0.717) is 63.7 Å². The molecule has 2 aromatic rings. The second kappa shape index (κ2) is 31.4. The van der Waals surface area contributed by atoms with E-state index in [1.807, 2.05) is 139 Å². The Morgan fingerprint density at radius 2 is 1.01 bits per heavy atom. The normalized spacial score (nSPS) is 13.5. The van der Waals surface area contributed by atoms with Gasteiger partial charge in [0.1, 0.15) is 29.9 Å². The average molecular weight is 1020 g/mol. The second-order valence-electron chi connectivity index (χ2n) is 21.2. The SMILES string of the molecule is C.CCCC(=O)CCCCCC(CN(Cc1ccccc1OCOCCOC)CP(=O)(OC(C)(C)C)OC(C)(C)C)N(Cc1ccccc1OCOCCOC)CP(=O)(OC(C)(C)C)OC(C)(C)C. The molecule has 0 saturated heterocycles. The molecular weight excluding hydrogens is 923 g/mol. The summed E-state index contributed by atoms with van der Waals surface area (Å²) < 4.78 is 90.6. The number of hydrogen-bond donors (Lipinski definition) is 0. The summed E-state index contributed by atoms with van der Waals surface area (Å²) in [5, 5.41) is 0. The van der Waals surface area contributed by atoms with Gasteiger partial charge in [-0.05, 0) is 114 Å². The van der Waals surface area contributed by atoms with Crippen LogP contribution in [0.5, 0.6) is 11.5 Å². The summed E-state index contributed by atoms with van der Waals surface area (Å²) in [5.74, 6) is 1.46. The van der Waals surface area contributed by atoms with Crippen LogP contribution in [0.4, 0.5) is 0 Å². The van der Waals surface area contributed by atoms with E-state index >= 15 is 9.13 Å². The van der Waals surface area contributed by atoms with Gasteiger partial charge in [-0.2, -0.15) is 0 Å². The van der Waals surface area contributed by atoms with Gasteiger partial charge in [0.2, 0.25) is 0 Å². The number of ether oxygens (including phenoxy) is 6. The molecule has 0 radical (unpaired) electrons. The van der Waals surface area contributed by atoms with Gasteiger partial charge in [-0.1, -0.05) is 63.6 Å². The fourth-order valence-electron chi connectivity index (χ4n) is 7.35. The van der Waals surface area contributed by atoms with Gasteiger partial charge in [0.05, 0.1) is 48.8 Å². The molecule has 0 spiro atoms. The van der Waals surface area contributed by atoms with Gasteiger partial charge in [-0.25, -0.2) is 0 Å². The van der Waals surface area contributed by atoms with E-state index in [2.05, 4.69) is 9.80 Å². The zero-order valence-corrected chi connectivity index (χ0v) is 46.3. The van der Waals surface area contributed by atoms with Crippen molar-refractivity contribution in [3.8, 4) is 11.5 Å². The van der Waals surface area contributed by atoms with Crippen molar-refractivity contribution in [3.05, 3.63) is 59.7 Å². The highest BCUT2D eigenvalue weighted by atomic mass is 31.2. The van der Waals surface area contributed by atoms with Gasteiger partial charge in [-0.15, -0.1) is 0 Å². The number of unbranched alkanes of at least 4 members (excludes halogenated alkanes) is 2. The number of Topliss-reactive ketones (excluding diaryl/α,β-unsaturated/α-hetero) is 1. The lowest BCUT2D eigenvalue weighted by atomic mass is 10.0. The van der Waals surface area contributed by atoms with Crippen LogP contribution >= 0.6 is 15.2 Å². The molecule has 15 nitrogen and oxygen atoms in total. The summed E-state index contributed by atoms with van der Waals surface area (Å²) in [6, 6.07) is 15.0. The Labute approximate surface area is 418 Å². The molecule has 0 aliphatic rings. The Morgan fingerprint density at radius 3 is 1.45 bits per heavy atom. The summed E-state index contributed by atoms with van der Waals surface area (Å²) in [4.78, 5) is 16.8. The van der Waals surface area contributed by atoms with Crippen LogP contribution in [0.15, 0.2) is 48.5 Å². The first-order valence-corrected chi connectivity index (χ1v) is 27.7. The number of carbonyl (C=O) groups is 1. The third-order valence-electron chi connectivity index (χ3n) is 9.56. The first-order valence-electron chi connectivity index (χ1n) is 24.2. The van der Waals surface area contributed by atoms with Crippen LogP contribution in [0, 0.1) is 0 Å². The molecule has 69 heavy (non-hydrogen) atoms. The van der Waals surface area contributed by atoms with Crippen LogP contribution in [0.2, 0.25) is 0 Å². The average Bonchev–Trinajstić information content (AvgIpc) is 3.18. The van der Waals surface area contributed by atoms with E-state index in [9.17, 15) is 4.79 Å². The summed E-state index contributed by atoms with van der Waals surface area (Å²) in [6.45, 7) is 26.9. The fourth-order valence-corrected chi connectivity index (χ4v) is 12.5. The molecule has 0 aromatic heterocycles. The molecule has 0 aliphatic carbocycles. The first-order chi connectivity index (χ1) is 31.7. The van der Waals surface area contributed by atoms with Crippen molar-refractivity contribution in [1.29, 1.82) is 0 Å². The highest BCUT2D eigenvalue weighted by Crippen LogP contribution is 2.57. The summed E-state index contributed by atoms with van der Waals surface area (Å²) >= 11 is 0. The maximum atomic E-state index is 15.4. The van der Waals surface area contributed by atoms with Crippen molar-refractivity contribution < 1.29 is 60.4 Å². The Bertz CT molecular complexity index is 1780. The summed E-state index contributed by atoms with van der Waals surface area (Å²) in [7, 11) is -4.59. The van der Waals surface area contributed by atoms with Crippen molar-refractivity contribution >= 4 is 21.0 Å².